The van der Waals surface area contributed by atoms with E-state index in [1.54, 1.807) is 24.3 Å². The number of benzene rings is 4. The lowest BCUT2D eigenvalue weighted by Gasteiger charge is -2.19. The predicted molar refractivity (Wildman–Crippen MR) is 175 cm³/mol. The van der Waals surface area contributed by atoms with E-state index < -0.39 is 5.60 Å². The molecule has 0 aromatic heterocycles. The van der Waals surface area contributed by atoms with Crippen LogP contribution < -0.4 is 4.74 Å². The van der Waals surface area contributed by atoms with Crippen LogP contribution in [-0.4, -0.2) is 34.8 Å². The van der Waals surface area contributed by atoms with Crippen LogP contribution in [-0.2, 0) is 41.8 Å². The fraction of sp³-hybridized carbons (Fsp3) is 0.308. The van der Waals surface area contributed by atoms with Crippen molar-refractivity contribution in [2.75, 3.05) is 6.54 Å². The zero-order valence-corrected chi connectivity index (χ0v) is 26.4. The van der Waals surface area contributed by atoms with Crippen LogP contribution in [0.1, 0.15) is 82.1 Å². The topological polar surface area (TPSA) is 72.9 Å². The van der Waals surface area contributed by atoms with Crippen molar-refractivity contribution in [3.8, 4) is 5.75 Å². The average molecular weight is 604 g/mol. The molecule has 232 valence electrons. The van der Waals surface area contributed by atoms with Gasteiger partial charge in [-0.3, -0.25) is 19.3 Å². The lowest BCUT2D eigenvalue weighted by Crippen LogP contribution is -2.31. The summed E-state index contributed by atoms with van der Waals surface area (Å²) in [6, 6.07) is 31.7. The molecule has 2 amide bonds. The van der Waals surface area contributed by atoms with E-state index in [1.807, 2.05) is 57.2 Å². The number of ether oxygens (including phenoxy) is 2. The largest absolute Gasteiger partial charge is 0.489 e. The van der Waals surface area contributed by atoms with E-state index in [1.165, 1.54) is 10.5 Å². The van der Waals surface area contributed by atoms with Crippen molar-refractivity contribution < 1.29 is 23.9 Å². The zero-order valence-electron chi connectivity index (χ0n) is 26.4. The lowest BCUT2D eigenvalue weighted by molar-refractivity contribution is -0.154. The third-order valence-corrected chi connectivity index (χ3v) is 7.77. The number of rotatable bonds is 13. The quantitative estimate of drug-likeness (QED) is 0.117. The highest BCUT2D eigenvalue weighted by atomic mass is 16.6. The van der Waals surface area contributed by atoms with Gasteiger partial charge in [-0.2, -0.15) is 0 Å². The standard InChI is InChI=1S/C39H41NO5/c1-39(2,3)45-36(41)21-20-30-24-29(14-11-16-32-15-7-10-19-35(32)44-27-28-12-5-4-6-13-28)25-31(26-30)22-23-40-37(42)33-17-8-9-18-34(33)38(40)43/h4-10,12-13,15,17-19,24-26H,11,14,16,20-23,27H2,1-3H3. The second-order valence-electron chi connectivity index (χ2n) is 12.5. The Morgan fingerprint density at radius 2 is 1.24 bits per heavy atom. The number of amides is 2. The van der Waals surface area contributed by atoms with Crippen LogP contribution in [0.2, 0.25) is 0 Å². The van der Waals surface area contributed by atoms with Gasteiger partial charge in [0.25, 0.3) is 11.8 Å². The molecule has 4 aromatic carbocycles. The maximum absolute atomic E-state index is 12.9. The van der Waals surface area contributed by atoms with E-state index in [0.717, 1.165) is 47.3 Å². The van der Waals surface area contributed by atoms with Gasteiger partial charge in [0.15, 0.2) is 0 Å². The van der Waals surface area contributed by atoms with E-state index >= 15 is 0 Å². The summed E-state index contributed by atoms with van der Waals surface area (Å²) in [5.41, 5.74) is 5.93. The molecule has 0 atom stereocenters. The van der Waals surface area contributed by atoms with E-state index in [-0.39, 0.29) is 24.2 Å². The molecule has 0 aliphatic carbocycles. The first kappa shape index (κ1) is 31.7. The minimum Gasteiger partial charge on any atom is -0.489 e. The third-order valence-electron chi connectivity index (χ3n) is 7.77. The van der Waals surface area contributed by atoms with E-state index in [4.69, 9.17) is 9.47 Å². The molecule has 0 N–H and O–H groups in total. The van der Waals surface area contributed by atoms with Crippen LogP contribution in [0, 0.1) is 0 Å². The Kier molecular flexibility index (Phi) is 10.1. The van der Waals surface area contributed by atoms with Crippen molar-refractivity contribution in [3.63, 3.8) is 0 Å². The number of carbonyl (C=O) groups excluding carboxylic acids is 3. The molecule has 0 saturated carbocycles. The van der Waals surface area contributed by atoms with Crippen LogP contribution in [0.25, 0.3) is 0 Å². The number of carbonyl (C=O) groups is 3. The van der Waals surface area contributed by atoms with Crippen LogP contribution in [0.5, 0.6) is 5.75 Å². The first-order chi connectivity index (χ1) is 21.7. The Bertz CT molecular complexity index is 1620. The second kappa shape index (κ2) is 14.4. The van der Waals surface area contributed by atoms with Crippen molar-refractivity contribution >= 4 is 17.8 Å². The van der Waals surface area contributed by atoms with Gasteiger partial charge in [-0.25, -0.2) is 0 Å². The SMILES string of the molecule is CC(C)(C)OC(=O)CCc1cc(CCCc2ccccc2OCc2ccccc2)cc(CCN2C(=O)c3ccccc3C2=O)c1. The van der Waals surface area contributed by atoms with Gasteiger partial charge in [0.2, 0.25) is 0 Å². The fourth-order valence-corrected chi connectivity index (χ4v) is 5.66. The van der Waals surface area contributed by atoms with Crippen LogP contribution >= 0.6 is 0 Å². The number of nitrogens with zero attached hydrogens (tertiary/aromatic N) is 1. The minimum absolute atomic E-state index is 0.229. The maximum atomic E-state index is 12.9. The molecule has 0 saturated heterocycles. The molecule has 1 aliphatic heterocycles. The van der Waals surface area contributed by atoms with E-state index in [2.05, 4.69) is 36.4 Å². The number of para-hydroxylation sites is 1. The van der Waals surface area contributed by atoms with Crippen molar-refractivity contribution in [2.24, 2.45) is 0 Å². The Morgan fingerprint density at radius 3 is 1.91 bits per heavy atom. The Morgan fingerprint density at radius 1 is 0.667 bits per heavy atom. The highest BCUT2D eigenvalue weighted by Gasteiger charge is 2.34. The van der Waals surface area contributed by atoms with E-state index in [9.17, 15) is 14.4 Å². The zero-order chi connectivity index (χ0) is 31.8. The van der Waals surface area contributed by atoms with Crippen molar-refractivity contribution in [3.05, 3.63) is 136 Å². The van der Waals surface area contributed by atoms with Crippen molar-refractivity contribution in [1.82, 2.24) is 4.90 Å². The summed E-state index contributed by atoms with van der Waals surface area (Å²) in [4.78, 5) is 39.7. The number of hydrogen-bond acceptors (Lipinski definition) is 5. The van der Waals surface area contributed by atoms with Crippen molar-refractivity contribution in [1.29, 1.82) is 0 Å². The van der Waals surface area contributed by atoms with Gasteiger partial charge in [-0.15, -0.1) is 0 Å². The highest BCUT2D eigenvalue weighted by molar-refractivity contribution is 6.21. The molecule has 1 heterocycles. The fourth-order valence-electron chi connectivity index (χ4n) is 5.66. The molecule has 1 aliphatic rings. The molecule has 4 aromatic rings. The molecule has 0 radical (unpaired) electrons. The van der Waals surface area contributed by atoms with Gasteiger partial charge in [0.05, 0.1) is 11.1 Å². The van der Waals surface area contributed by atoms with Crippen LogP contribution in [0.4, 0.5) is 0 Å². The summed E-state index contributed by atoms with van der Waals surface area (Å²) < 4.78 is 11.7. The number of esters is 1. The monoisotopic (exact) mass is 603 g/mol. The predicted octanol–water partition coefficient (Wildman–Crippen LogP) is 7.55. The second-order valence-corrected chi connectivity index (χ2v) is 12.5. The summed E-state index contributed by atoms with van der Waals surface area (Å²) in [5.74, 6) is 0.178. The third kappa shape index (κ3) is 8.69. The molecule has 6 heteroatoms. The minimum atomic E-state index is -0.530. The molecule has 0 spiro atoms. The number of hydrogen-bond donors (Lipinski definition) is 0. The number of aryl methyl sites for hydroxylation is 3. The molecule has 0 unspecified atom stereocenters. The summed E-state index contributed by atoms with van der Waals surface area (Å²) in [6.07, 6.45) is 3.99. The molecule has 5 rings (SSSR count). The molecular weight excluding hydrogens is 562 g/mol. The average Bonchev–Trinajstić information content (AvgIpc) is 3.27. The Hall–Kier alpha value is -4.71. The van der Waals surface area contributed by atoms with Gasteiger partial charge < -0.3 is 9.47 Å². The Labute approximate surface area is 266 Å². The molecule has 0 fully saturated rings. The summed E-state index contributed by atoms with van der Waals surface area (Å²) in [7, 11) is 0. The highest BCUT2D eigenvalue weighted by Crippen LogP contribution is 2.25. The van der Waals surface area contributed by atoms with Gasteiger partial charge in [0, 0.05) is 13.0 Å². The molecule has 45 heavy (non-hydrogen) atoms. The van der Waals surface area contributed by atoms with Gasteiger partial charge in [-0.05, 0) is 98.9 Å². The maximum Gasteiger partial charge on any atom is 0.306 e. The summed E-state index contributed by atoms with van der Waals surface area (Å²) in [6.45, 7) is 6.43. The summed E-state index contributed by atoms with van der Waals surface area (Å²) in [5, 5.41) is 0. The molecular formula is C39H41NO5. The number of imide groups is 1. The van der Waals surface area contributed by atoms with Gasteiger partial charge in [0.1, 0.15) is 18.0 Å². The normalized spacial score (nSPS) is 12.7. The smallest absolute Gasteiger partial charge is 0.306 e. The Balaban J connectivity index is 1.26. The van der Waals surface area contributed by atoms with Crippen LogP contribution in [0.15, 0.2) is 97.1 Å². The summed E-state index contributed by atoms with van der Waals surface area (Å²) >= 11 is 0. The first-order valence-corrected chi connectivity index (χ1v) is 15.7. The first-order valence-electron chi connectivity index (χ1n) is 15.7. The van der Waals surface area contributed by atoms with Gasteiger partial charge in [-0.1, -0.05) is 78.9 Å². The van der Waals surface area contributed by atoms with Crippen molar-refractivity contribution in [2.45, 2.75) is 71.5 Å². The molecule has 0 bridgehead atoms. The lowest BCUT2D eigenvalue weighted by atomic mass is 9.96. The molecule has 6 nitrogen and oxygen atoms in total. The number of fused-ring (bicyclic) bond motifs is 1. The van der Waals surface area contributed by atoms with Crippen LogP contribution in [0.3, 0.4) is 0 Å². The van der Waals surface area contributed by atoms with Gasteiger partial charge >= 0.3 is 5.97 Å². The van der Waals surface area contributed by atoms with E-state index in [0.29, 0.717) is 37.1 Å².